The van der Waals surface area contributed by atoms with Gasteiger partial charge in [-0.2, -0.15) is 0 Å². The van der Waals surface area contributed by atoms with Crippen LogP contribution in [0.3, 0.4) is 0 Å². The van der Waals surface area contributed by atoms with Gasteiger partial charge in [0, 0.05) is 5.56 Å². The minimum atomic E-state index is -0.196. The Bertz CT molecular complexity index is 875. The Morgan fingerprint density at radius 3 is 2.52 bits per heavy atom. The highest BCUT2D eigenvalue weighted by molar-refractivity contribution is 7.21. The minimum absolute atomic E-state index is 0.196. The zero-order valence-electron chi connectivity index (χ0n) is 16.1. The van der Waals surface area contributed by atoms with E-state index in [0.29, 0.717) is 5.92 Å². The van der Waals surface area contributed by atoms with E-state index >= 15 is 0 Å². The Morgan fingerprint density at radius 2 is 1.78 bits per heavy atom. The van der Waals surface area contributed by atoms with E-state index in [4.69, 9.17) is 0 Å². The minimum Gasteiger partial charge on any atom is -0.236 e. The van der Waals surface area contributed by atoms with E-state index in [2.05, 4.69) is 36.2 Å². The summed E-state index contributed by atoms with van der Waals surface area (Å²) in [6.07, 6.45) is 11.0. The van der Waals surface area contributed by atoms with Gasteiger partial charge in [0.15, 0.2) is 0 Å². The third-order valence-electron chi connectivity index (χ3n) is 6.04. The molecule has 0 spiro atoms. The van der Waals surface area contributed by atoms with Crippen molar-refractivity contribution in [3.05, 3.63) is 53.8 Å². The standard InChI is InChI=1S/C24H28FNS/c1-2-3-4-5-17-6-8-18(9-7-17)19-10-12-20(13-11-19)24-26-22-15-14-21(25)16-23(22)27-24/h10-18H,2-9H2,1H3. The van der Waals surface area contributed by atoms with E-state index in [1.807, 2.05) is 0 Å². The summed E-state index contributed by atoms with van der Waals surface area (Å²) in [5, 5.41) is 0.974. The van der Waals surface area contributed by atoms with Crippen molar-refractivity contribution < 1.29 is 4.39 Å². The molecule has 27 heavy (non-hydrogen) atoms. The number of halogens is 1. The Hall–Kier alpha value is -1.74. The summed E-state index contributed by atoms with van der Waals surface area (Å²) in [7, 11) is 0. The number of benzene rings is 2. The van der Waals surface area contributed by atoms with Crippen molar-refractivity contribution in [2.45, 2.75) is 64.2 Å². The van der Waals surface area contributed by atoms with Crippen LogP contribution in [0.4, 0.5) is 4.39 Å². The number of unbranched alkanes of at least 4 members (excludes halogenated alkanes) is 2. The zero-order chi connectivity index (χ0) is 18.6. The normalized spacial score (nSPS) is 20.2. The van der Waals surface area contributed by atoms with E-state index in [1.54, 1.807) is 23.5 Å². The predicted octanol–water partition coefficient (Wildman–Crippen LogP) is 7.96. The lowest BCUT2D eigenvalue weighted by molar-refractivity contribution is 0.303. The molecule has 0 unspecified atom stereocenters. The SMILES string of the molecule is CCCCCC1CCC(c2ccc(-c3nc4ccc(F)cc4s3)cc2)CC1. The Morgan fingerprint density at radius 1 is 1.00 bits per heavy atom. The van der Waals surface area contributed by atoms with Crippen molar-refractivity contribution in [3.8, 4) is 10.6 Å². The van der Waals surface area contributed by atoms with Crippen LogP contribution in [0.2, 0.25) is 0 Å². The first-order chi connectivity index (χ1) is 13.2. The Kier molecular flexibility index (Phi) is 5.87. The van der Waals surface area contributed by atoms with E-state index in [0.717, 1.165) is 26.7 Å². The second kappa shape index (κ2) is 8.52. The molecular formula is C24H28FNS. The van der Waals surface area contributed by atoms with Gasteiger partial charge in [0.2, 0.25) is 0 Å². The van der Waals surface area contributed by atoms with Gasteiger partial charge in [-0.3, -0.25) is 0 Å². The second-order valence-electron chi connectivity index (χ2n) is 7.97. The molecule has 1 fully saturated rings. The molecule has 3 heteroatoms. The molecule has 0 radical (unpaired) electrons. The molecule has 0 bridgehead atoms. The van der Waals surface area contributed by atoms with Crippen molar-refractivity contribution in [2.24, 2.45) is 5.92 Å². The number of hydrogen-bond donors (Lipinski definition) is 0. The lowest BCUT2D eigenvalue weighted by atomic mass is 9.77. The highest BCUT2D eigenvalue weighted by atomic mass is 32.1. The van der Waals surface area contributed by atoms with E-state index in [1.165, 1.54) is 63.0 Å². The largest absolute Gasteiger partial charge is 0.236 e. The van der Waals surface area contributed by atoms with Crippen LogP contribution < -0.4 is 0 Å². The summed E-state index contributed by atoms with van der Waals surface area (Å²) in [6.45, 7) is 2.28. The Balaban J connectivity index is 1.40. The van der Waals surface area contributed by atoms with Crippen molar-refractivity contribution >= 4 is 21.6 Å². The molecule has 142 valence electrons. The van der Waals surface area contributed by atoms with Gasteiger partial charge in [0.1, 0.15) is 10.8 Å². The summed E-state index contributed by atoms with van der Waals surface area (Å²) in [4.78, 5) is 4.66. The van der Waals surface area contributed by atoms with E-state index < -0.39 is 0 Å². The summed E-state index contributed by atoms with van der Waals surface area (Å²) in [6, 6.07) is 13.8. The number of nitrogens with zero attached hydrogens (tertiary/aromatic N) is 1. The van der Waals surface area contributed by atoms with Crippen LogP contribution in [0.15, 0.2) is 42.5 Å². The molecule has 3 aromatic rings. The molecule has 0 N–H and O–H groups in total. The summed E-state index contributed by atoms with van der Waals surface area (Å²) in [5.41, 5.74) is 3.48. The monoisotopic (exact) mass is 381 g/mol. The lowest BCUT2D eigenvalue weighted by Crippen LogP contribution is -2.13. The van der Waals surface area contributed by atoms with Gasteiger partial charge in [-0.05, 0) is 61.3 Å². The predicted molar refractivity (Wildman–Crippen MR) is 114 cm³/mol. The van der Waals surface area contributed by atoms with Gasteiger partial charge in [0.05, 0.1) is 10.2 Å². The van der Waals surface area contributed by atoms with Crippen LogP contribution in [-0.2, 0) is 0 Å². The maximum atomic E-state index is 13.4. The molecule has 0 aliphatic heterocycles. The number of thiazole rings is 1. The molecule has 1 aliphatic carbocycles. The topological polar surface area (TPSA) is 12.9 Å². The van der Waals surface area contributed by atoms with E-state index in [-0.39, 0.29) is 5.82 Å². The van der Waals surface area contributed by atoms with Crippen LogP contribution in [0.5, 0.6) is 0 Å². The number of rotatable bonds is 6. The van der Waals surface area contributed by atoms with Gasteiger partial charge < -0.3 is 0 Å². The third-order valence-corrected chi connectivity index (χ3v) is 7.11. The molecule has 1 saturated carbocycles. The van der Waals surface area contributed by atoms with E-state index in [9.17, 15) is 4.39 Å². The first kappa shape index (κ1) is 18.6. The summed E-state index contributed by atoms with van der Waals surface area (Å²) in [5.74, 6) is 1.47. The van der Waals surface area contributed by atoms with Gasteiger partial charge >= 0.3 is 0 Å². The summed E-state index contributed by atoms with van der Waals surface area (Å²) >= 11 is 1.56. The smallest absolute Gasteiger partial charge is 0.124 e. The van der Waals surface area contributed by atoms with Crippen molar-refractivity contribution in [1.29, 1.82) is 0 Å². The average molecular weight is 382 g/mol. The van der Waals surface area contributed by atoms with Crippen molar-refractivity contribution in [3.63, 3.8) is 0 Å². The fourth-order valence-electron chi connectivity index (χ4n) is 4.39. The van der Waals surface area contributed by atoms with Gasteiger partial charge in [0.25, 0.3) is 0 Å². The van der Waals surface area contributed by atoms with Crippen LogP contribution in [0.1, 0.15) is 69.8 Å². The van der Waals surface area contributed by atoms with Gasteiger partial charge in [-0.15, -0.1) is 11.3 Å². The fraction of sp³-hybridized carbons (Fsp3) is 0.458. The van der Waals surface area contributed by atoms with Crippen LogP contribution in [0, 0.1) is 11.7 Å². The molecule has 1 aliphatic rings. The molecule has 2 aromatic carbocycles. The molecule has 0 amide bonds. The molecule has 0 atom stereocenters. The molecule has 1 aromatic heterocycles. The fourth-order valence-corrected chi connectivity index (χ4v) is 5.38. The highest BCUT2D eigenvalue weighted by Crippen LogP contribution is 2.38. The lowest BCUT2D eigenvalue weighted by Gasteiger charge is -2.29. The van der Waals surface area contributed by atoms with Gasteiger partial charge in [-0.1, -0.05) is 56.9 Å². The zero-order valence-corrected chi connectivity index (χ0v) is 16.9. The molecule has 1 nitrogen and oxygen atoms in total. The number of aromatic nitrogens is 1. The van der Waals surface area contributed by atoms with Crippen LogP contribution in [0.25, 0.3) is 20.8 Å². The average Bonchev–Trinajstić information content (AvgIpc) is 3.12. The molecule has 4 rings (SSSR count). The first-order valence-electron chi connectivity index (χ1n) is 10.4. The second-order valence-corrected chi connectivity index (χ2v) is 9.00. The quantitative estimate of drug-likeness (QED) is 0.395. The van der Waals surface area contributed by atoms with Crippen molar-refractivity contribution in [2.75, 3.05) is 0 Å². The van der Waals surface area contributed by atoms with Crippen LogP contribution >= 0.6 is 11.3 Å². The first-order valence-corrected chi connectivity index (χ1v) is 11.2. The number of fused-ring (bicyclic) bond motifs is 1. The van der Waals surface area contributed by atoms with Crippen molar-refractivity contribution in [1.82, 2.24) is 4.98 Å². The maximum Gasteiger partial charge on any atom is 0.124 e. The summed E-state index contributed by atoms with van der Waals surface area (Å²) < 4.78 is 14.3. The maximum absolute atomic E-state index is 13.4. The molecule has 0 saturated heterocycles. The molecular weight excluding hydrogens is 353 g/mol. The highest BCUT2D eigenvalue weighted by Gasteiger charge is 2.22. The third kappa shape index (κ3) is 4.40. The molecule has 1 heterocycles. The number of hydrogen-bond acceptors (Lipinski definition) is 2. The van der Waals surface area contributed by atoms with Gasteiger partial charge in [-0.25, -0.2) is 9.37 Å². The Labute approximate surface area is 165 Å². The van der Waals surface area contributed by atoms with Crippen LogP contribution in [-0.4, -0.2) is 4.98 Å².